The van der Waals surface area contributed by atoms with Gasteiger partial charge in [-0.3, -0.25) is 4.55 Å². The van der Waals surface area contributed by atoms with Crippen molar-refractivity contribution >= 4 is 21.5 Å². The quantitative estimate of drug-likeness (QED) is 0.684. The number of fused-ring (bicyclic) bond motifs is 1. The second-order valence-corrected chi connectivity index (χ2v) is 3.75. The van der Waals surface area contributed by atoms with Gasteiger partial charge in [0.2, 0.25) is 0 Å². The molecule has 12 heavy (non-hydrogen) atoms. The average Bonchev–Trinajstić information content (AvgIpc) is 1.89. The fourth-order valence-electron chi connectivity index (χ4n) is 0.891. The Balaban J connectivity index is 2.59. The van der Waals surface area contributed by atoms with E-state index in [2.05, 4.69) is 10.2 Å². The van der Waals surface area contributed by atoms with Gasteiger partial charge in [0.25, 0.3) is 10.1 Å². The molecule has 1 N–H and O–H groups in total. The molecule has 0 atom stereocenters. The lowest BCUT2D eigenvalue weighted by atomic mass is 10.2. The van der Waals surface area contributed by atoms with Crippen LogP contribution in [-0.4, -0.2) is 13.0 Å². The van der Waals surface area contributed by atoms with Crippen molar-refractivity contribution < 1.29 is 13.0 Å². The van der Waals surface area contributed by atoms with Crippen LogP contribution in [0.2, 0.25) is 0 Å². The predicted octanol–water partition coefficient (Wildman–Crippen LogP) is 1.66. The SMILES string of the molecule is O=S(=O)(O)c1ccc2c(c1)N=N2. The molecule has 1 aromatic rings. The Hall–Kier alpha value is -1.27. The van der Waals surface area contributed by atoms with Crippen LogP contribution in [0.3, 0.4) is 0 Å². The Kier molecular flexibility index (Phi) is 1.30. The number of nitrogens with zero attached hydrogens (tertiary/aromatic N) is 2. The van der Waals surface area contributed by atoms with E-state index in [1.165, 1.54) is 18.2 Å². The number of hydrogen-bond donors (Lipinski definition) is 1. The first-order valence-corrected chi connectivity index (χ1v) is 4.55. The van der Waals surface area contributed by atoms with Gasteiger partial charge in [0, 0.05) is 0 Å². The average molecular weight is 184 g/mol. The van der Waals surface area contributed by atoms with Gasteiger partial charge >= 0.3 is 0 Å². The molecule has 0 saturated heterocycles. The highest BCUT2D eigenvalue weighted by atomic mass is 32.2. The molecule has 1 aliphatic heterocycles. The maximum Gasteiger partial charge on any atom is 0.294 e. The molecule has 0 aliphatic carbocycles. The number of azo groups is 1. The van der Waals surface area contributed by atoms with Crippen molar-refractivity contribution in [2.24, 2.45) is 10.2 Å². The minimum absolute atomic E-state index is 0.153. The van der Waals surface area contributed by atoms with Gasteiger partial charge in [-0.05, 0) is 18.2 Å². The van der Waals surface area contributed by atoms with Crippen molar-refractivity contribution in [1.29, 1.82) is 0 Å². The fourth-order valence-corrected chi connectivity index (χ4v) is 1.39. The monoisotopic (exact) mass is 184 g/mol. The molecule has 62 valence electrons. The molecular weight excluding hydrogens is 180 g/mol. The zero-order valence-corrected chi connectivity index (χ0v) is 6.61. The van der Waals surface area contributed by atoms with Gasteiger partial charge in [0.05, 0.1) is 4.90 Å². The second-order valence-electron chi connectivity index (χ2n) is 2.33. The van der Waals surface area contributed by atoms with Gasteiger partial charge in [0.15, 0.2) is 0 Å². The zero-order chi connectivity index (χ0) is 8.77. The normalized spacial score (nSPS) is 13.8. The lowest BCUT2D eigenvalue weighted by Gasteiger charge is -2.06. The number of rotatable bonds is 1. The van der Waals surface area contributed by atoms with Crippen LogP contribution < -0.4 is 0 Å². The van der Waals surface area contributed by atoms with E-state index < -0.39 is 10.1 Å². The van der Waals surface area contributed by atoms with Crippen molar-refractivity contribution in [3.8, 4) is 0 Å². The van der Waals surface area contributed by atoms with Crippen LogP contribution in [0.25, 0.3) is 0 Å². The van der Waals surface area contributed by atoms with Crippen LogP contribution in [0.5, 0.6) is 0 Å². The zero-order valence-electron chi connectivity index (χ0n) is 5.80. The number of benzene rings is 1. The molecule has 1 heterocycles. The minimum Gasteiger partial charge on any atom is -0.282 e. The van der Waals surface area contributed by atoms with Crippen LogP contribution in [0.15, 0.2) is 33.3 Å². The molecule has 6 heteroatoms. The van der Waals surface area contributed by atoms with Crippen molar-refractivity contribution in [2.45, 2.75) is 4.90 Å². The van der Waals surface area contributed by atoms with E-state index in [0.29, 0.717) is 11.4 Å². The summed E-state index contributed by atoms with van der Waals surface area (Å²) in [5.41, 5.74) is 1.13. The summed E-state index contributed by atoms with van der Waals surface area (Å²) in [5.74, 6) is 0. The molecule has 0 radical (unpaired) electrons. The van der Waals surface area contributed by atoms with Gasteiger partial charge in [-0.25, -0.2) is 0 Å². The summed E-state index contributed by atoms with van der Waals surface area (Å²) in [6.45, 7) is 0. The lowest BCUT2D eigenvalue weighted by molar-refractivity contribution is 0.483. The Morgan fingerprint density at radius 3 is 2.25 bits per heavy atom. The first kappa shape index (κ1) is 7.38. The van der Waals surface area contributed by atoms with Crippen LogP contribution in [0.1, 0.15) is 0 Å². The molecule has 0 amide bonds. The summed E-state index contributed by atoms with van der Waals surface area (Å²) in [5, 5.41) is 7.16. The second kappa shape index (κ2) is 2.11. The molecule has 1 aromatic carbocycles. The summed E-state index contributed by atoms with van der Waals surface area (Å²) in [7, 11) is -4.11. The van der Waals surface area contributed by atoms with Crippen LogP contribution in [-0.2, 0) is 10.1 Å². The first-order valence-electron chi connectivity index (χ1n) is 3.11. The molecule has 0 saturated carbocycles. The number of hydrogen-bond acceptors (Lipinski definition) is 4. The Bertz CT molecular complexity index is 464. The first-order chi connectivity index (χ1) is 5.57. The van der Waals surface area contributed by atoms with Gasteiger partial charge in [-0.15, -0.1) is 10.2 Å². The van der Waals surface area contributed by atoms with E-state index in [0.717, 1.165) is 0 Å². The highest BCUT2D eigenvalue weighted by Gasteiger charge is 2.15. The van der Waals surface area contributed by atoms with Gasteiger partial charge < -0.3 is 0 Å². The van der Waals surface area contributed by atoms with E-state index in [1.807, 2.05) is 0 Å². The molecule has 5 nitrogen and oxygen atoms in total. The highest BCUT2D eigenvalue weighted by Crippen LogP contribution is 2.38. The summed E-state index contributed by atoms with van der Waals surface area (Å²) in [6, 6.07) is 4.05. The van der Waals surface area contributed by atoms with Gasteiger partial charge in [-0.1, -0.05) is 0 Å². The van der Waals surface area contributed by atoms with Crippen molar-refractivity contribution in [1.82, 2.24) is 0 Å². The largest absolute Gasteiger partial charge is 0.294 e. The van der Waals surface area contributed by atoms with Gasteiger partial charge in [0.1, 0.15) is 11.4 Å². The third-order valence-electron chi connectivity index (χ3n) is 1.51. The van der Waals surface area contributed by atoms with Crippen molar-refractivity contribution in [2.75, 3.05) is 0 Å². The minimum atomic E-state index is -4.11. The van der Waals surface area contributed by atoms with Crippen molar-refractivity contribution in [3.63, 3.8) is 0 Å². The Labute approximate surface area is 68.5 Å². The van der Waals surface area contributed by atoms with E-state index >= 15 is 0 Å². The van der Waals surface area contributed by atoms with Crippen LogP contribution >= 0.6 is 0 Å². The van der Waals surface area contributed by atoms with E-state index in [1.54, 1.807) is 0 Å². The third kappa shape index (κ3) is 1.01. The molecule has 0 spiro atoms. The molecule has 2 rings (SSSR count). The molecule has 0 fully saturated rings. The van der Waals surface area contributed by atoms with Gasteiger partial charge in [-0.2, -0.15) is 8.42 Å². The standard InChI is InChI=1S/C6H4N2O3S/c9-12(10,11)4-1-2-5-6(3-4)8-7-5/h1-3H,(H,9,10,11). The molecule has 0 bridgehead atoms. The molecular formula is C6H4N2O3S. The molecule has 0 unspecified atom stereocenters. The topological polar surface area (TPSA) is 79.1 Å². The molecule has 0 aromatic heterocycles. The predicted molar refractivity (Wildman–Crippen MR) is 40.4 cm³/mol. The lowest BCUT2D eigenvalue weighted by Crippen LogP contribution is -1.97. The molecule has 1 aliphatic rings. The highest BCUT2D eigenvalue weighted by molar-refractivity contribution is 7.85. The maximum atomic E-state index is 10.6. The summed E-state index contributed by atoms with van der Waals surface area (Å²) in [4.78, 5) is -0.153. The Morgan fingerprint density at radius 2 is 1.83 bits per heavy atom. The van der Waals surface area contributed by atoms with E-state index in [4.69, 9.17) is 4.55 Å². The van der Waals surface area contributed by atoms with Crippen LogP contribution in [0.4, 0.5) is 11.4 Å². The smallest absolute Gasteiger partial charge is 0.282 e. The Morgan fingerprint density at radius 1 is 1.17 bits per heavy atom. The van der Waals surface area contributed by atoms with E-state index in [-0.39, 0.29) is 4.90 Å². The fraction of sp³-hybridized carbons (Fsp3) is 0. The summed E-state index contributed by atoms with van der Waals surface area (Å²) >= 11 is 0. The maximum absolute atomic E-state index is 10.6. The third-order valence-corrected chi connectivity index (χ3v) is 2.36. The van der Waals surface area contributed by atoms with Crippen molar-refractivity contribution in [3.05, 3.63) is 18.2 Å². The van der Waals surface area contributed by atoms with E-state index in [9.17, 15) is 8.42 Å². The summed E-state index contributed by atoms with van der Waals surface area (Å²) < 4.78 is 29.8. The summed E-state index contributed by atoms with van der Waals surface area (Å²) in [6.07, 6.45) is 0. The van der Waals surface area contributed by atoms with Crippen LogP contribution in [0, 0.1) is 0 Å².